The van der Waals surface area contributed by atoms with Crippen LogP contribution in [0.3, 0.4) is 0 Å². The molecule has 1 saturated heterocycles. The van der Waals surface area contributed by atoms with Gasteiger partial charge in [0.25, 0.3) is 0 Å². The molecule has 5 unspecified atom stereocenters. The lowest BCUT2D eigenvalue weighted by molar-refractivity contribution is 0.0511. The van der Waals surface area contributed by atoms with Crippen LogP contribution >= 0.6 is 15.9 Å². The summed E-state index contributed by atoms with van der Waals surface area (Å²) in [7, 11) is 0. The SMILES string of the molecule is Cc1cccnc1CC(Br)C1C(C)OC(C)C1C. The first-order valence-corrected chi connectivity index (χ1v) is 7.62. The molecule has 1 aliphatic rings. The standard InChI is InChI=1S/C15H22BrNO/c1-9-6-5-7-17-14(9)8-13(16)15-10(2)11(3)18-12(15)4/h5-7,10-13,15H,8H2,1-4H3. The third-order valence-corrected chi connectivity index (χ3v) is 5.18. The first-order valence-electron chi connectivity index (χ1n) is 6.70. The highest BCUT2D eigenvalue weighted by Crippen LogP contribution is 2.38. The summed E-state index contributed by atoms with van der Waals surface area (Å²) in [6, 6.07) is 4.12. The van der Waals surface area contributed by atoms with Gasteiger partial charge in [-0.1, -0.05) is 28.9 Å². The van der Waals surface area contributed by atoms with Gasteiger partial charge in [-0.05, 0) is 38.3 Å². The van der Waals surface area contributed by atoms with E-state index in [0.29, 0.717) is 28.9 Å². The van der Waals surface area contributed by atoms with Gasteiger partial charge in [-0.25, -0.2) is 0 Å². The predicted octanol–water partition coefficient (Wildman–Crippen LogP) is 3.76. The summed E-state index contributed by atoms with van der Waals surface area (Å²) >= 11 is 3.86. The summed E-state index contributed by atoms with van der Waals surface area (Å²) in [5.74, 6) is 1.15. The van der Waals surface area contributed by atoms with Crippen LogP contribution in [0.15, 0.2) is 18.3 Å². The maximum atomic E-state index is 5.92. The van der Waals surface area contributed by atoms with E-state index in [4.69, 9.17) is 4.74 Å². The van der Waals surface area contributed by atoms with Gasteiger partial charge in [-0.3, -0.25) is 4.98 Å². The second-order valence-electron chi connectivity index (χ2n) is 5.47. The van der Waals surface area contributed by atoms with E-state index in [1.807, 2.05) is 12.3 Å². The third-order valence-electron chi connectivity index (χ3n) is 4.24. The van der Waals surface area contributed by atoms with Crippen LogP contribution in [0.2, 0.25) is 0 Å². The molecule has 0 radical (unpaired) electrons. The van der Waals surface area contributed by atoms with Crippen LogP contribution in [0.1, 0.15) is 32.0 Å². The van der Waals surface area contributed by atoms with E-state index in [0.717, 1.165) is 6.42 Å². The van der Waals surface area contributed by atoms with Crippen LogP contribution in [-0.4, -0.2) is 22.0 Å². The van der Waals surface area contributed by atoms with E-state index in [-0.39, 0.29) is 0 Å². The van der Waals surface area contributed by atoms with Crippen molar-refractivity contribution in [2.45, 2.75) is 51.2 Å². The summed E-state index contributed by atoms with van der Waals surface area (Å²) in [6.07, 6.45) is 3.53. The highest BCUT2D eigenvalue weighted by atomic mass is 79.9. The van der Waals surface area contributed by atoms with Gasteiger partial charge in [0.1, 0.15) is 0 Å². The number of rotatable bonds is 3. The van der Waals surface area contributed by atoms with Gasteiger partial charge < -0.3 is 4.74 Å². The van der Waals surface area contributed by atoms with E-state index in [1.165, 1.54) is 11.3 Å². The molecule has 1 aromatic heterocycles. The quantitative estimate of drug-likeness (QED) is 0.793. The zero-order chi connectivity index (χ0) is 13.3. The number of alkyl halides is 1. The van der Waals surface area contributed by atoms with Crippen molar-refractivity contribution >= 4 is 15.9 Å². The Kier molecular flexibility index (Phi) is 4.44. The molecular formula is C15H22BrNO. The summed E-state index contributed by atoms with van der Waals surface area (Å²) < 4.78 is 5.92. The molecule has 2 nitrogen and oxygen atoms in total. The minimum atomic E-state index is 0.323. The lowest BCUT2D eigenvalue weighted by Crippen LogP contribution is -2.28. The number of hydrogen-bond donors (Lipinski definition) is 0. The molecule has 0 spiro atoms. The number of ether oxygens (including phenoxy) is 1. The van der Waals surface area contributed by atoms with E-state index >= 15 is 0 Å². The van der Waals surface area contributed by atoms with Gasteiger partial charge in [0.2, 0.25) is 0 Å². The molecule has 100 valence electrons. The number of halogens is 1. The van der Waals surface area contributed by atoms with Crippen LogP contribution in [0.4, 0.5) is 0 Å². The Morgan fingerprint density at radius 2 is 2.06 bits per heavy atom. The smallest absolute Gasteiger partial charge is 0.0593 e. The fraction of sp³-hybridized carbons (Fsp3) is 0.667. The Labute approximate surface area is 118 Å². The zero-order valence-electron chi connectivity index (χ0n) is 11.6. The average Bonchev–Trinajstić information content (AvgIpc) is 2.56. The highest BCUT2D eigenvalue weighted by molar-refractivity contribution is 9.09. The molecule has 0 bridgehead atoms. The molecule has 1 aromatic rings. The van der Waals surface area contributed by atoms with Crippen molar-refractivity contribution in [3.8, 4) is 0 Å². The number of hydrogen-bond acceptors (Lipinski definition) is 2. The zero-order valence-corrected chi connectivity index (χ0v) is 13.1. The Balaban J connectivity index is 2.08. The predicted molar refractivity (Wildman–Crippen MR) is 78.1 cm³/mol. The largest absolute Gasteiger partial charge is 0.375 e. The molecule has 1 aliphatic heterocycles. The molecule has 0 N–H and O–H groups in total. The summed E-state index contributed by atoms with van der Waals surface area (Å²) in [5.41, 5.74) is 2.47. The molecular weight excluding hydrogens is 290 g/mol. The topological polar surface area (TPSA) is 22.1 Å². The first-order chi connectivity index (χ1) is 8.50. The second-order valence-corrected chi connectivity index (χ2v) is 6.65. The number of pyridine rings is 1. The lowest BCUT2D eigenvalue weighted by Gasteiger charge is -2.24. The van der Waals surface area contributed by atoms with Crippen molar-refractivity contribution in [1.82, 2.24) is 4.98 Å². The van der Waals surface area contributed by atoms with Crippen LogP contribution in [0, 0.1) is 18.8 Å². The fourth-order valence-corrected chi connectivity index (χ4v) is 4.19. The van der Waals surface area contributed by atoms with Gasteiger partial charge in [0.05, 0.1) is 12.2 Å². The molecule has 0 aliphatic carbocycles. The molecule has 18 heavy (non-hydrogen) atoms. The average molecular weight is 312 g/mol. The minimum absolute atomic E-state index is 0.323. The van der Waals surface area contributed by atoms with Crippen LogP contribution in [0.5, 0.6) is 0 Å². The van der Waals surface area contributed by atoms with Crippen molar-refractivity contribution in [2.75, 3.05) is 0 Å². The molecule has 0 saturated carbocycles. The van der Waals surface area contributed by atoms with E-state index in [2.05, 4.69) is 54.7 Å². The third kappa shape index (κ3) is 2.77. The Morgan fingerprint density at radius 1 is 1.33 bits per heavy atom. The molecule has 5 atom stereocenters. The van der Waals surface area contributed by atoms with Crippen molar-refractivity contribution < 1.29 is 4.74 Å². The van der Waals surface area contributed by atoms with Gasteiger partial charge in [0, 0.05) is 29.1 Å². The summed E-state index contributed by atoms with van der Waals surface area (Å²) in [4.78, 5) is 4.92. The van der Waals surface area contributed by atoms with Crippen LogP contribution in [-0.2, 0) is 11.2 Å². The molecule has 0 aromatic carbocycles. The normalized spacial score (nSPS) is 33.6. The number of aromatic nitrogens is 1. The molecule has 2 rings (SSSR count). The van der Waals surface area contributed by atoms with Crippen LogP contribution in [0.25, 0.3) is 0 Å². The monoisotopic (exact) mass is 311 g/mol. The summed E-state index contributed by atoms with van der Waals surface area (Å²) in [5, 5.41) is 0. The Bertz CT molecular complexity index is 409. The number of aryl methyl sites for hydroxylation is 1. The number of nitrogens with zero attached hydrogens (tertiary/aromatic N) is 1. The molecule has 2 heterocycles. The Morgan fingerprint density at radius 3 is 2.61 bits per heavy atom. The fourth-order valence-electron chi connectivity index (χ4n) is 2.97. The molecule has 0 amide bonds. The van der Waals surface area contributed by atoms with Crippen molar-refractivity contribution in [1.29, 1.82) is 0 Å². The summed E-state index contributed by atoms with van der Waals surface area (Å²) in [6.45, 7) is 8.78. The van der Waals surface area contributed by atoms with Gasteiger partial charge in [-0.15, -0.1) is 0 Å². The lowest BCUT2D eigenvalue weighted by atomic mass is 9.85. The van der Waals surface area contributed by atoms with Crippen molar-refractivity contribution in [3.63, 3.8) is 0 Å². The second kappa shape index (κ2) is 5.70. The van der Waals surface area contributed by atoms with Crippen LogP contribution < -0.4 is 0 Å². The van der Waals surface area contributed by atoms with E-state index in [9.17, 15) is 0 Å². The van der Waals surface area contributed by atoms with Gasteiger partial charge in [-0.2, -0.15) is 0 Å². The maximum absolute atomic E-state index is 5.92. The molecule has 1 fully saturated rings. The first kappa shape index (κ1) is 14.0. The van der Waals surface area contributed by atoms with Crippen molar-refractivity contribution in [3.05, 3.63) is 29.6 Å². The Hall–Kier alpha value is -0.410. The van der Waals surface area contributed by atoms with Crippen molar-refractivity contribution in [2.24, 2.45) is 11.8 Å². The van der Waals surface area contributed by atoms with Gasteiger partial charge in [0.15, 0.2) is 0 Å². The minimum Gasteiger partial charge on any atom is -0.375 e. The highest BCUT2D eigenvalue weighted by Gasteiger charge is 2.40. The van der Waals surface area contributed by atoms with Gasteiger partial charge >= 0.3 is 0 Å². The molecule has 3 heteroatoms. The maximum Gasteiger partial charge on any atom is 0.0593 e. The van der Waals surface area contributed by atoms with E-state index in [1.54, 1.807) is 0 Å². The van der Waals surface area contributed by atoms with E-state index < -0.39 is 0 Å².